The highest BCUT2D eigenvalue weighted by Gasteiger charge is 2.28. The van der Waals surface area contributed by atoms with Crippen LogP contribution in [0.1, 0.15) is 11.1 Å². The van der Waals surface area contributed by atoms with E-state index < -0.39 is 9.84 Å². The quantitative estimate of drug-likeness (QED) is 0.869. The summed E-state index contributed by atoms with van der Waals surface area (Å²) in [5, 5.41) is 1.30. The Labute approximate surface area is 129 Å². The van der Waals surface area contributed by atoms with Gasteiger partial charge in [-0.15, -0.1) is 0 Å². The third kappa shape index (κ3) is 2.60. The molecule has 0 radical (unpaired) electrons. The van der Waals surface area contributed by atoms with Gasteiger partial charge in [0.1, 0.15) is 18.1 Å². The first-order valence-electron chi connectivity index (χ1n) is 6.84. The Hall–Kier alpha value is -2.27. The summed E-state index contributed by atoms with van der Waals surface area (Å²) in [5.41, 5.74) is 2.36. The highest BCUT2D eigenvalue weighted by molar-refractivity contribution is 7.95. The van der Waals surface area contributed by atoms with E-state index in [4.69, 9.17) is 9.47 Å². The molecule has 2 aromatic rings. The maximum absolute atomic E-state index is 12.2. The van der Waals surface area contributed by atoms with Gasteiger partial charge >= 0.3 is 0 Å². The molecule has 2 aromatic carbocycles. The van der Waals surface area contributed by atoms with Gasteiger partial charge in [0, 0.05) is 22.6 Å². The van der Waals surface area contributed by atoms with Crippen molar-refractivity contribution >= 4 is 15.4 Å². The molecule has 22 heavy (non-hydrogen) atoms. The monoisotopic (exact) mass is 316 g/mol. The van der Waals surface area contributed by atoms with Gasteiger partial charge in [-0.3, -0.25) is 0 Å². The fraction of sp³-hybridized carbons (Fsp3) is 0.176. The van der Waals surface area contributed by atoms with Crippen molar-refractivity contribution in [3.05, 3.63) is 59.0 Å². The Morgan fingerprint density at radius 2 is 1.77 bits per heavy atom. The van der Waals surface area contributed by atoms with Crippen molar-refractivity contribution in [3.8, 4) is 11.5 Å². The summed E-state index contributed by atoms with van der Waals surface area (Å²) >= 11 is 0. The predicted octanol–water partition coefficient (Wildman–Crippen LogP) is 3.21. The molecule has 0 N–H and O–H groups in total. The van der Waals surface area contributed by atoms with Crippen LogP contribution < -0.4 is 9.47 Å². The SMILES string of the molecule is COc1cccc(OCC2=CS(=O)(=O)c3cccc(C)c32)c1. The van der Waals surface area contributed by atoms with Crippen LogP contribution in [0.4, 0.5) is 0 Å². The van der Waals surface area contributed by atoms with Crippen LogP contribution in [0.25, 0.3) is 5.57 Å². The van der Waals surface area contributed by atoms with E-state index in [0.717, 1.165) is 11.1 Å². The minimum atomic E-state index is -3.36. The molecule has 0 atom stereocenters. The molecular weight excluding hydrogens is 300 g/mol. The van der Waals surface area contributed by atoms with E-state index in [1.54, 1.807) is 25.3 Å². The number of ether oxygens (including phenoxy) is 2. The molecule has 0 aromatic heterocycles. The van der Waals surface area contributed by atoms with Crippen molar-refractivity contribution < 1.29 is 17.9 Å². The number of rotatable bonds is 4. The highest BCUT2D eigenvalue weighted by atomic mass is 32.2. The zero-order chi connectivity index (χ0) is 15.7. The predicted molar refractivity (Wildman–Crippen MR) is 84.8 cm³/mol. The van der Waals surface area contributed by atoms with Gasteiger partial charge in [-0.1, -0.05) is 18.2 Å². The summed E-state index contributed by atoms with van der Waals surface area (Å²) in [5.74, 6) is 1.33. The number of methoxy groups -OCH3 is 1. The second-order valence-corrected chi connectivity index (χ2v) is 6.87. The molecule has 0 bridgehead atoms. The van der Waals surface area contributed by atoms with Crippen molar-refractivity contribution in [2.75, 3.05) is 13.7 Å². The lowest BCUT2D eigenvalue weighted by atomic mass is 10.0. The second-order valence-electron chi connectivity index (χ2n) is 5.10. The smallest absolute Gasteiger partial charge is 0.200 e. The molecule has 4 nitrogen and oxygen atoms in total. The minimum absolute atomic E-state index is 0.199. The normalized spacial score (nSPS) is 15.1. The van der Waals surface area contributed by atoms with Crippen molar-refractivity contribution in [2.45, 2.75) is 11.8 Å². The average Bonchev–Trinajstić information content (AvgIpc) is 2.78. The number of aryl methyl sites for hydroxylation is 1. The Bertz CT molecular complexity index is 851. The van der Waals surface area contributed by atoms with Crippen LogP contribution in [0.3, 0.4) is 0 Å². The molecule has 1 aliphatic heterocycles. The Morgan fingerprint density at radius 1 is 1.05 bits per heavy atom. The zero-order valence-corrected chi connectivity index (χ0v) is 13.2. The maximum Gasteiger partial charge on any atom is 0.200 e. The van der Waals surface area contributed by atoms with Crippen molar-refractivity contribution in [2.24, 2.45) is 0 Å². The molecule has 0 spiro atoms. The van der Waals surface area contributed by atoms with Gasteiger partial charge in [-0.25, -0.2) is 8.42 Å². The fourth-order valence-electron chi connectivity index (χ4n) is 2.56. The Morgan fingerprint density at radius 3 is 2.55 bits per heavy atom. The standard InChI is InChI=1S/C17H16O4S/c1-12-5-3-8-16-17(12)13(11-22(16,18)19)10-21-15-7-4-6-14(9-15)20-2/h3-9,11H,10H2,1-2H3. The number of sulfone groups is 1. The topological polar surface area (TPSA) is 52.6 Å². The van der Waals surface area contributed by atoms with Crippen molar-refractivity contribution in [1.29, 1.82) is 0 Å². The van der Waals surface area contributed by atoms with Gasteiger partial charge in [0.2, 0.25) is 9.84 Å². The molecule has 0 unspecified atom stereocenters. The summed E-state index contributed by atoms with van der Waals surface area (Å²) in [4.78, 5) is 0.358. The van der Waals surface area contributed by atoms with Gasteiger partial charge in [-0.05, 0) is 30.7 Å². The van der Waals surface area contributed by atoms with E-state index in [-0.39, 0.29) is 6.61 Å². The molecular formula is C17H16O4S. The summed E-state index contributed by atoms with van der Waals surface area (Å²) in [6.45, 7) is 2.10. The van der Waals surface area contributed by atoms with Gasteiger partial charge < -0.3 is 9.47 Å². The average molecular weight is 316 g/mol. The summed E-state index contributed by atoms with van der Waals surface area (Å²) in [6, 6.07) is 12.5. The van der Waals surface area contributed by atoms with E-state index in [1.807, 2.05) is 31.2 Å². The molecule has 3 rings (SSSR count). The van der Waals surface area contributed by atoms with Gasteiger partial charge in [0.15, 0.2) is 0 Å². The summed E-state index contributed by atoms with van der Waals surface area (Å²) < 4.78 is 35.2. The van der Waals surface area contributed by atoms with Gasteiger partial charge in [0.05, 0.1) is 12.0 Å². The number of hydrogen-bond acceptors (Lipinski definition) is 4. The van der Waals surface area contributed by atoms with Crippen LogP contribution in [0, 0.1) is 6.92 Å². The zero-order valence-electron chi connectivity index (χ0n) is 12.4. The molecule has 0 amide bonds. The van der Waals surface area contributed by atoms with E-state index in [9.17, 15) is 8.42 Å². The van der Waals surface area contributed by atoms with Crippen molar-refractivity contribution in [1.82, 2.24) is 0 Å². The molecule has 114 valence electrons. The number of fused-ring (bicyclic) bond motifs is 1. The van der Waals surface area contributed by atoms with Crippen LogP contribution in [-0.4, -0.2) is 22.1 Å². The Kier molecular flexibility index (Phi) is 3.66. The molecule has 5 heteroatoms. The fourth-order valence-corrected chi connectivity index (χ4v) is 4.09. The van der Waals surface area contributed by atoms with E-state index in [0.29, 0.717) is 22.0 Å². The van der Waals surface area contributed by atoms with E-state index in [2.05, 4.69) is 0 Å². The van der Waals surface area contributed by atoms with E-state index in [1.165, 1.54) is 5.41 Å². The van der Waals surface area contributed by atoms with Crippen LogP contribution >= 0.6 is 0 Å². The highest BCUT2D eigenvalue weighted by Crippen LogP contribution is 2.36. The largest absolute Gasteiger partial charge is 0.497 e. The maximum atomic E-state index is 12.2. The van der Waals surface area contributed by atoms with Gasteiger partial charge in [-0.2, -0.15) is 0 Å². The van der Waals surface area contributed by atoms with Crippen molar-refractivity contribution in [3.63, 3.8) is 0 Å². The summed E-state index contributed by atoms with van der Waals surface area (Å²) in [7, 11) is -1.77. The number of hydrogen-bond donors (Lipinski definition) is 0. The van der Waals surface area contributed by atoms with E-state index >= 15 is 0 Å². The lowest BCUT2D eigenvalue weighted by molar-refractivity contribution is 0.363. The molecule has 1 aliphatic rings. The third-order valence-electron chi connectivity index (χ3n) is 3.60. The Balaban J connectivity index is 1.88. The lowest BCUT2D eigenvalue weighted by Gasteiger charge is -2.10. The minimum Gasteiger partial charge on any atom is -0.497 e. The molecule has 1 heterocycles. The van der Waals surface area contributed by atoms with Gasteiger partial charge in [0.25, 0.3) is 0 Å². The van der Waals surface area contributed by atoms with Crippen LogP contribution in [0.5, 0.6) is 11.5 Å². The van der Waals surface area contributed by atoms with Crippen LogP contribution in [-0.2, 0) is 9.84 Å². The molecule has 0 aliphatic carbocycles. The first-order chi connectivity index (χ1) is 10.5. The summed E-state index contributed by atoms with van der Waals surface area (Å²) in [6.07, 6.45) is 0. The first-order valence-corrected chi connectivity index (χ1v) is 8.38. The molecule has 0 saturated heterocycles. The van der Waals surface area contributed by atoms with Crippen LogP contribution in [0.15, 0.2) is 52.8 Å². The van der Waals surface area contributed by atoms with Crippen LogP contribution in [0.2, 0.25) is 0 Å². The molecule has 0 saturated carbocycles. The molecule has 0 fully saturated rings. The second kappa shape index (κ2) is 5.50. The third-order valence-corrected chi connectivity index (χ3v) is 5.14. The lowest BCUT2D eigenvalue weighted by Crippen LogP contribution is -2.01. The first kappa shape index (κ1) is 14.7. The number of benzene rings is 2.